The van der Waals surface area contributed by atoms with Crippen LogP contribution in [0.1, 0.15) is 31.5 Å². The molecule has 2 N–H and O–H groups in total. The Balaban J connectivity index is 1.35. The maximum Gasteiger partial charge on any atom is 0.278 e. The molecule has 1 aliphatic heterocycles. The Bertz CT molecular complexity index is 1600. The number of nitrogens with one attached hydrogen (secondary N) is 1. The minimum atomic E-state index is -1.01. The molecule has 1 aliphatic carbocycles. The quantitative estimate of drug-likeness (QED) is 0.369. The topological polar surface area (TPSA) is 104 Å². The lowest BCUT2D eigenvalue weighted by molar-refractivity contribution is 0.0553. The number of allylic oxidation sites excluding steroid dienone is 1. The predicted molar refractivity (Wildman–Crippen MR) is 153 cm³/mol. The van der Waals surface area contributed by atoms with Crippen LogP contribution in [-0.4, -0.2) is 67.0 Å². The van der Waals surface area contributed by atoms with Gasteiger partial charge in [-0.05, 0) is 69.6 Å². The minimum Gasteiger partial charge on any atom is -0.384 e. The number of aromatic nitrogens is 5. The Morgan fingerprint density at radius 1 is 1.18 bits per heavy atom. The predicted octanol–water partition coefficient (Wildman–Crippen LogP) is 3.20. The standard InChI is InChI=1S/C29H34N8O2/c1-5-14-36-27(38)23-17-30-28(31-21-7-9-22(10-8-21)35-16-15-34(4)18-19(35)2)33-26(23)37(36)24-11-6-20-12-13-29(3,39)25(20)32-24/h5-11,17,19,39H,1,12-16,18H2,2-4H3,(H,30,31,33)/t19-,29?/m0/s1. The summed E-state index contributed by atoms with van der Waals surface area (Å²) in [5, 5.41) is 14.5. The van der Waals surface area contributed by atoms with E-state index in [9.17, 15) is 9.90 Å². The molecule has 39 heavy (non-hydrogen) atoms. The largest absolute Gasteiger partial charge is 0.384 e. The Hall–Kier alpha value is -4.02. The minimum absolute atomic E-state index is 0.226. The number of pyridine rings is 1. The highest BCUT2D eigenvalue weighted by molar-refractivity contribution is 5.77. The third-order valence-corrected chi connectivity index (χ3v) is 7.84. The van der Waals surface area contributed by atoms with Crippen molar-refractivity contribution >= 4 is 28.4 Å². The smallest absolute Gasteiger partial charge is 0.278 e. The summed E-state index contributed by atoms with van der Waals surface area (Å²) in [5.41, 5.74) is 2.90. The van der Waals surface area contributed by atoms with Crippen LogP contribution >= 0.6 is 0 Å². The van der Waals surface area contributed by atoms with E-state index in [1.807, 2.05) is 24.3 Å². The monoisotopic (exact) mass is 526 g/mol. The number of benzene rings is 1. The van der Waals surface area contributed by atoms with Gasteiger partial charge in [0.15, 0.2) is 11.5 Å². The number of rotatable bonds is 6. The highest BCUT2D eigenvalue weighted by Crippen LogP contribution is 2.35. The summed E-state index contributed by atoms with van der Waals surface area (Å²) >= 11 is 0. The maximum atomic E-state index is 13.3. The molecule has 10 nitrogen and oxygen atoms in total. The van der Waals surface area contributed by atoms with Crippen LogP contribution in [0.4, 0.5) is 17.3 Å². The summed E-state index contributed by atoms with van der Waals surface area (Å²) in [6, 6.07) is 12.5. The molecule has 0 bridgehead atoms. The van der Waals surface area contributed by atoms with Crippen LogP contribution in [0.25, 0.3) is 16.9 Å². The Morgan fingerprint density at radius 2 is 1.97 bits per heavy atom. The first-order valence-electron chi connectivity index (χ1n) is 13.4. The number of nitrogens with zero attached hydrogens (tertiary/aromatic N) is 7. The van der Waals surface area contributed by atoms with Crippen molar-refractivity contribution < 1.29 is 5.11 Å². The zero-order valence-electron chi connectivity index (χ0n) is 22.6. The molecule has 4 aromatic rings. The van der Waals surface area contributed by atoms with Crippen LogP contribution in [-0.2, 0) is 18.6 Å². The van der Waals surface area contributed by atoms with Gasteiger partial charge in [-0.3, -0.25) is 4.79 Å². The van der Waals surface area contributed by atoms with Gasteiger partial charge in [0.1, 0.15) is 11.0 Å². The second kappa shape index (κ2) is 9.62. The summed E-state index contributed by atoms with van der Waals surface area (Å²) in [4.78, 5) is 32.0. The molecule has 2 atom stereocenters. The van der Waals surface area contributed by atoms with Crippen LogP contribution in [0.2, 0.25) is 0 Å². The summed E-state index contributed by atoms with van der Waals surface area (Å²) in [6.07, 6.45) is 4.60. The van der Waals surface area contributed by atoms with E-state index in [0.29, 0.717) is 41.0 Å². The van der Waals surface area contributed by atoms with Crippen molar-refractivity contribution in [2.75, 3.05) is 36.9 Å². The van der Waals surface area contributed by atoms with Crippen molar-refractivity contribution in [3.05, 3.63) is 76.9 Å². The number of aliphatic hydroxyl groups is 1. The maximum absolute atomic E-state index is 13.3. The van der Waals surface area contributed by atoms with E-state index in [1.165, 1.54) is 5.69 Å². The molecule has 0 spiro atoms. The van der Waals surface area contributed by atoms with Crippen LogP contribution in [0.15, 0.2) is 60.0 Å². The number of piperazine rings is 1. The van der Waals surface area contributed by atoms with Crippen LogP contribution < -0.4 is 15.8 Å². The molecule has 0 radical (unpaired) electrons. The van der Waals surface area contributed by atoms with Crippen molar-refractivity contribution in [3.8, 4) is 5.82 Å². The fourth-order valence-corrected chi connectivity index (χ4v) is 5.76. The number of anilines is 3. The first kappa shape index (κ1) is 25.3. The molecule has 6 rings (SSSR count). The number of fused-ring (bicyclic) bond motifs is 2. The molecule has 1 fully saturated rings. The van der Waals surface area contributed by atoms with E-state index in [-0.39, 0.29) is 12.1 Å². The molecule has 1 aromatic carbocycles. The zero-order valence-corrected chi connectivity index (χ0v) is 22.6. The first-order chi connectivity index (χ1) is 18.7. The van der Waals surface area contributed by atoms with Gasteiger partial charge in [0.05, 0.1) is 12.2 Å². The van der Waals surface area contributed by atoms with E-state index in [1.54, 1.807) is 28.6 Å². The van der Waals surface area contributed by atoms with Crippen molar-refractivity contribution in [2.45, 2.75) is 44.9 Å². The van der Waals surface area contributed by atoms with Gasteiger partial charge in [-0.1, -0.05) is 12.1 Å². The van der Waals surface area contributed by atoms with E-state index < -0.39 is 5.60 Å². The lowest BCUT2D eigenvalue weighted by Crippen LogP contribution is -2.50. The molecule has 2 aliphatic rings. The average molecular weight is 527 g/mol. The van der Waals surface area contributed by atoms with E-state index in [2.05, 4.69) is 52.8 Å². The van der Waals surface area contributed by atoms with Gasteiger partial charge in [-0.25, -0.2) is 19.3 Å². The third-order valence-electron chi connectivity index (χ3n) is 7.84. The van der Waals surface area contributed by atoms with Crippen molar-refractivity contribution in [2.24, 2.45) is 0 Å². The SMILES string of the molecule is C=CCn1c(=O)c2cnc(Nc3ccc(N4CCN(C)C[C@@H]4C)cc3)nc2n1-c1ccc2c(n1)C(C)(O)CC2. The molecule has 4 heterocycles. The van der Waals surface area contributed by atoms with E-state index >= 15 is 0 Å². The second-order valence-corrected chi connectivity index (χ2v) is 10.8. The number of hydrogen-bond donors (Lipinski definition) is 2. The van der Waals surface area contributed by atoms with Crippen LogP contribution in [0.3, 0.4) is 0 Å². The lowest BCUT2D eigenvalue weighted by atomic mass is 10.0. The fourth-order valence-electron chi connectivity index (χ4n) is 5.76. The molecule has 202 valence electrons. The lowest BCUT2D eigenvalue weighted by Gasteiger charge is -2.39. The van der Waals surface area contributed by atoms with E-state index in [4.69, 9.17) is 9.97 Å². The number of aryl methyl sites for hydroxylation is 1. The normalized spacial score (nSPS) is 21.3. The van der Waals surface area contributed by atoms with Gasteiger partial charge in [0.2, 0.25) is 5.95 Å². The Kier molecular flexibility index (Phi) is 6.23. The van der Waals surface area contributed by atoms with E-state index in [0.717, 1.165) is 37.3 Å². The third kappa shape index (κ3) is 4.49. The van der Waals surface area contributed by atoms with Gasteiger partial charge in [0, 0.05) is 43.2 Å². The molecular formula is C29H34N8O2. The summed E-state index contributed by atoms with van der Waals surface area (Å²) < 4.78 is 3.24. The first-order valence-corrected chi connectivity index (χ1v) is 13.4. The summed E-state index contributed by atoms with van der Waals surface area (Å²) in [6.45, 7) is 11.2. The van der Waals surface area contributed by atoms with Crippen molar-refractivity contribution in [1.82, 2.24) is 29.2 Å². The highest BCUT2D eigenvalue weighted by Gasteiger charge is 2.34. The summed E-state index contributed by atoms with van der Waals surface area (Å²) in [7, 11) is 2.16. The van der Waals surface area contributed by atoms with Gasteiger partial charge in [-0.15, -0.1) is 6.58 Å². The fraction of sp³-hybridized carbons (Fsp3) is 0.379. The van der Waals surface area contributed by atoms with Crippen molar-refractivity contribution in [3.63, 3.8) is 0 Å². The van der Waals surface area contributed by atoms with Gasteiger partial charge in [0.25, 0.3) is 5.56 Å². The van der Waals surface area contributed by atoms with Crippen LogP contribution in [0.5, 0.6) is 0 Å². The average Bonchev–Trinajstić information content (AvgIpc) is 3.37. The summed E-state index contributed by atoms with van der Waals surface area (Å²) in [5.74, 6) is 0.890. The number of likely N-dealkylation sites (N-methyl/N-ethyl adjacent to an activating group) is 1. The zero-order chi connectivity index (χ0) is 27.3. The van der Waals surface area contributed by atoms with Crippen LogP contribution in [0, 0.1) is 0 Å². The molecular weight excluding hydrogens is 492 g/mol. The molecule has 1 unspecified atom stereocenters. The molecule has 0 saturated carbocycles. The molecule has 3 aromatic heterocycles. The second-order valence-electron chi connectivity index (χ2n) is 10.8. The Labute approximate surface area is 227 Å². The molecule has 0 amide bonds. The highest BCUT2D eigenvalue weighted by atomic mass is 16.3. The molecule has 1 saturated heterocycles. The van der Waals surface area contributed by atoms with Gasteiger partial charge >= 0.3 is 0 Å². The van der Waals surface area contributed by atoms with Crippen molar-refractivity contribution in [1.29, 1.82) is 0 Å². The Morgan fingerprint density at radius 3 is 2.72 bits per heavy atom. The number of hydrogen-bond acceptors (Lipinski definition) is 8. The molecule has 10 heteroatoms. The van der Waals surface area contributed by atoms with Gasteiger partial charge < -0.3 is 20.2 Å². The van der Waals surface area contributed by atoms with Gasteiger partial charge in [-0.2, -0.15) is 4.98 Å².